The van der Waals surface area contributed by atoms with Gasteiger partial charge < -0.3 is 24.2 Å². The van der Waals surface area contributed by atoms with Crippen LogP contribution in [0.25, 0.3) is 11.2 Å². The first-order chi connectivity index (χ1) is 17.3. The molecule has 0 radical (unpaired) electrons. The molecule has 190 valence electrons. The summed E-state index contributed by atoms with van der Waals surface area (Å²) in [4.78, 5) is 15.6. The van der Waals surface area contributed by atoms with Crippen LogP contribution in [0, 0.1) is 5.82 Å². The van der Waals surface area contributed by atoms with Gasteiger partial charge in [-0.25, -0.2) is 9.37 Å². The van der Waals surface area contributed by atoms with E-state index in [1.165, 1.54) is 6.07 Å². The lowest BCUT2D eigenvalue weighted by molar-refractivity contribution is -0.199. The van der Waals surface area contributed by atoms with Crippen molar-refractivity contribution in [1.29, 1.82) is 0 Å². The molecule has 4 atom stereocenters. The van der Waals surface area contributed by atoms with E-state index in [0.717, 1.165) is 31.2 Å². The molecule has 7 rings (SSSR count). The Labute approximate surface area is 212 Å². The third-order valence-corrected chi connectivity index (χ3v) is 8.23. The molecule has 0 bridgehead atoms. The highest BCUT2D eigenvalue weighted by Gasteiger charge is 2.56. The van der Waals surface area contributed by atoms with Crippen LogP contribution < -0.4 is 4.90 Å². The first kappa shape index (κ1) is 22.8. The molecule has 1 aromatic carbocycles. The first-order valence-electron chi connectivity index (χ1n) is 12.4. The van der Waals surface area contributed by atoms with Gasteiger partial charge in [-0.15, -0.1) is 0 Å². The quantitative estimate of drug-likeness (QED) is 0.523. The first-order valence-corrected chi connectivity index (χ1v) is 12.8. The van der Waals surface area contributed by atoms with E-state index in [2.05, 4.69) is 15.0 Å². The molecular formula is C25H27ClFN5O4. The number of imidazole rings is 1. The van der Waals surface area contributed by atoms with E-state index in [1.807, 2.05) is 24.8 Å². The van der Waals surface area contributed by atoms with Crippen LogP contribution >= 0.6 is 11.6 Å². The highest BCUT2D eigenvalue weighted by molar-refractivity contribution is 6.28. The number of ether oxygens (including phenoxy) is 3. The Hall–Kier alpha value is -2.37. The number of hydrogen-bond acceptors (Lipinski definition) is 8. The van der Waals surface area contributed by atoms with E-state index in [9.17, 15) is 5.11 Å². The minimum Gasteiger partial charge on any atom is -0.394 e. The summed E-state index contributed by atoms with van der Waals surface area (Å²) < 4.78 is 35.3. The molecule has 4 aliphatic rings. The second kappa shape index (κ2) is 7.82. The summed E-state index contributed by atoms with van der Waals surface area (Å²) in [5.41, 5.74) is 2.39. The molecule has 9 nitrogen and oxygen atoms in total. The number of halogens is 2. The van der Waals surface area contributed by atoms with Crippen molar-refractivity contribution in [3.8, 4) is 0 Å². The molecule has 1 aliphatic carbocycles. The largest absolute Gasteiger partial charge is 0.394 e. The predicted molar refractivity (Wildman–Crippen MR) is 129 cm³/mol. The van der Waals surface area contributed by atoms with E-state index in [-0.39, 0.29) is 23.1 Å². The van der Waals surface area contributed by atoms with E-state index in [4.69, 9.17) is 25.8 Å². The number of rotatable bonds is 3. The van der Waals surface area contributed by atoms with Gasteiger partial charge in [-0.05, 0) is 49.9 Å². The minimum absolute atomic E-state index is 0.0293. The number of anilines is 2. The molecule has 2 aromatic heterocycles. The molecule has 1 spiro atoms. The Bertz CT molecular complexity index is 1360. The van der Waals surface area contributed by atoms with Crippen LogP contribution in [-0.4, -0.2) is 61.9 Å². The number of benzene rings is 1. The molecule has 1 unspecified atom stereocenters. The molecule has 5 heterocycles. The van der Waals surface area contributed by atoms with Crippen molar-refractivity contribution in [2.75, 3.05) is 18.1 Å². The third-order valence-electron chi connectivity index (χ3n) is 8.06. The maximum absolute atomic E-state index is 15.3. The van der Waals surface area contributed by atoms with Crippen LogP contribution in [0.5, 0.6) is 0 Å². The molecule has 1 N–H and O–H groups in total. The standard InChI is InChI=1S/C25H27ClFN5O4/c1-24(2)35-18-15(10-33)34-22(19(18)36-24)32-12-28-16-20(29-23(26)30-21(16)32)31-11-25(8-3-4-9-25)13-6-5-7-14(27)17(13)31/h5-7,12,15,18-19,22,33H,3-4,8-11H2,1-2H3/t15-,18?,19+,22-/m1/s1. The number of aromatic nitrogens is 4. The third kappa shape index (κ3) is 3.18. The van der Waals surface area contributed by atoms with E-state index in [0.29, 0.717) is 29.2 Å². The van der Waals surface area contributed by atoms with E-state index < -0.39 is 30.3 Å². The van der Waals surface area contributed by atoms with Crippen molar-refractivity contribution in [2.45, 2.75) is 75.3 Å². The fourth-order valence-corrected chi connectivity index (χ4v) is 6.78. The van der Waals surface area contributed by atoms with Crippen molar-refractivity contribution < 1.29 is 23.7 Å². The molecule has 3 fully saturated rings. The number of aliphatic hydroxyl groups excluding tert-OH is 1. The Balaban J connectivity index is 1.35. The van der Waals surface area contributed by atoms with Crippen molar-refractivity contribution >= 4 is 34.3 Å². The SMILES string of the molecule is CC1(C)OC2[C@@H](CO)O[C@@H](n3cnc4c(N5CC6(CCCC6)c6cccc(F)c65)nc(Cl)nc43)[C@H]2O1. The van der Waals surface area contributed by atoms with Crippen molar-refractivity contribution in [3.05, 3.63) is 41.2 Å². The monoisotopic (exact) mass is 515 g/mol. The maximum Gasteiger partial charge on any atom is 0.226 e. The molecule has 1 saturated carbocycles. The summed E-state index contributed by atoms with van der Waals surface area (Å²) in [6, 6.07) is 5.30. The van der Waals surface area contributed by atoms with Gasteiger partial charge in [-0.1, -0.05) is 25.0 Å². The normalized spacial score (nSPS) is 30.0. The van der Waals surface area contributed by atoms with Crippen LogP contribution in [0.15, 0.2) is 24.5 Å². The second-order valence-electron chi connectivity index (χ2n) is 10.7. The van der Waals surface area contributed by atoms with Crippen LogP contribution in [0.3, 0.4) is 0 Å². The van der Waals surface area contributed by atoms with E-state index >= 15 is 4.39 Å². The van der Waals surface area contributed by atoms with Crippen molar-refractivity contribution in [2.24, 2.45) is 0 Å². The molecular weight excluding hydrogens is 489 g/mol. The Morgan fingerprint density at radius 2 is 1.94 bits per heavy atom. The summed E-state index contributed by atoms with van der Waals surface area (Å²) in [7, 11) is 0. The lowest BCUT2D eigenvalue weighted by Crippen LogP contribution is -2.31. The highest BCUT2D eigenvalue weighted by Crippen LogP contribution is 2.54. The van der Waals surface area contributed by atoms with Crippen molar-refractivity contribution in [3.63, 3.8) is 0 Å². The molecule has 3 aromatic rings. The molecule has 0 amide bonds. The summed E-state index contributed by atoms with van der Waals surface area (Å²) in [6.45, 7) is 4.06. The molecule has 3 aliphatic heterocycles. The number of aliphatic hydroxyl groups is 1. The van der Waals surface area contributed by atoms with Gasteiger partial charge in [-0.3, -0.25) is 4.57 Å². The van der Waals surface area contributed by atoms with Gasteiger partial charge >= 0.3 is 0 Å². The van der Waals surface area contributed by atoms with Gasteiger partial charge in [-0.2, -0.15) is 9.97 Å². The zero-order valence-corrected chi connectivity index (χ0v) is 20.8. The molecule has 2 saturated heterocycles. The number of fused-ring (bicyclic) bond motifs is 4. The number of hydrogen-bond donors (Lipinski definition) is 1. The lowest BCUT2D eigenvalue weighted by Gasteiger charge is -2.25. The summed E-state index contributed by atoms with van der Waals surface area (Å²) >= 11 is 6.45. The smallest absolute Gasteiger partial charge is 0.226 e. The molecule has 11 heteroatoms. The number of para-hydroxylation sites is 1. The summed E-state index contributed by atoms with van der Waals surface area (Å²) in [5.74, 6) is -0.633. The average molecular weight is 516 g/mol. The highest BCUT2D eigenvalue weighted by atomic mass is 35.5. The Morgan fingerprint density at radius 1 is 1.17 bits per heavy atom. The Kier molecular flexibility index (Phi) is 4.95. The summed E-state index contributed by atoms with van der Waals surface area (Å²) in [5, 5.41) is 9.92. The van der Waals surface area contributed by atoms with Crippen molar-refractivity contribution in [1.82, 2.24) is 19.5 Å². The number of nitrogens with zero attached hydrogens (tertiary/aromatic N) is 5. The van der Waals surface area contributed by atoms with Crippen LogP contribution in [0.4, 0.5) is 15.9 Å². The molecule has 36 heavy (non-hydrogen) atoms. The minimum atomic E-state index is -0.814. The lowest BCUT2D eigenvalue weighted by atomic mass is 9.81. The fraction of sp³-hybridized carbons (Fsp3) is 0.560. The topological polar surface area (TPSA) is 94.8 Å². The van der Waals surface area contributed by atoms with Crippen LogP contribution in [0.1, 0.15) is 51.3 Å². The van der Waals surface area contributed by atoms with Gasteiger partial charge in [0, 0.05) is 12.0 Å². The van der Waals surface area contributed by atoms with Gasteiger partial charge in [0.15, 0.2) is 29.0 Å². The second-order valence-corrected chi connectivity index (χ2v) is 11.0. The zero-order chi connectivity index (χ0) is 24.8. The Morgan fingerprint density at radius 3 is 2.72 bits per heavy atom. The van der Waals surface area contributed by atoms with E-state index in [1.54, 1.807) is 17.0 Å². The van der Waals surface area contributed by atoms with Gasteiger partial charge in [0.2, 0.25) is 5.28 Å². The predicted octanol–water partition coefficient (Wildman–Crippen LogP) is 3.99. The van der Waals surface area contributed by atoms with Gasteiger partial charge in [0.05, 0.1) is 18.6 Å². The van der Waals surface area contributed by atoms with Crippen LogP contribution in [-0.2, 0) is 19.6 Å². The summed E-state index contributed by atoms with van der Waals surface area (Å²) in [6.07, 6.45) is 3.74. The average Bonchev–Trinajstić information content (AvgIpc) is 3.64. The van der Waals surface area contributed by atoms with Crippen LogP contribution in [0.2, 0.25) is 5.28 Å². The fourth-order valence-electron chi connectivity index (χ4n) is 6.62. The zero-order valence-electron chi connectivity index (χ0n) is 20.0. The maximum atomic E-state index is 15.3. The van der Waals surface area contributed by atoms with Gasteiger partial charge in [0.25, 0.3) is 0 Å². The van der Waals surface area contributed by atoms with Gasteiger partial charge in [0.1, 0.15) is 24.1 Å².